The minimum Gasteiger partial charge on any atom is -0.337 e. The third kappa shape index (κ3) is 3.00. The molecular weight excluding hydrogens is 290 g/mol. The summed E-state index contributed by atoms with van der Waals surface area (Å²) in [6.07, 6.45) is 4.76. The first-order valence-electron chi connectivity index (χ1n) is 6.16. The number of rotatable bonds is 5. The van der Waals surface area contributed by atoms with Gasteiger partial charge in [-0.25, -0.2) is 4.98 Å². The first-order valence-corrected chi connectivity index (χ1v) is 6.95. The fourth-order valence-electron chi connectivity index (χ4n) is 2.10. The maximum Gasteiger partial charge on any atom is 0.125 e. The van der Waals surface area contributed by atoms with Crippen molar-refractivity contribution in [2.75, 3.05) is 6.54 Å². The summed E-state index contributed by atoms with van der Waals surface area (Å²) in [5, 5.41) is 3.50. The van der Waals surface area contributed by atoms with Crippen LogP contribution in [-0.4, -0.2) is 16.1 Å². The fraction of sp³-hybridized carbons (Fsp3) is 0.357. The SMILES string of the molecule is CCNC(Cc1ccccc1Br)c1nccn1C. The van der Waals surface area contributed by atoms with Crippen LogP contribution >= 0.6 is 15.9 Å². The van der Waals surface area contributed by atoms with Gasteiger partial charge in [0.2, 0.25) is 0 Å². The van der Waals surface area contributed by atoms with Crippen LogP contribution in [0.5, 0.6) is 0 Å². The van der Waals surface area contributed by atoms with Gasteiger partial charge in [-0.05, 0) is 24.6 Å². The van der Waals surface area contributed by atoms with Crippen LogP contribution in [0.4, 0.5) is 0 Å². The fourth-order valence-corrected chi connectivity index (χ4v) is 2.54. The summed E-state index contributed by atoms with van der Waals surface area (Å²) in [5.74, 6) is 1.08. The van der Waals surface area contributed by atoms with E-state index in [1.165, 1.54) is 5.56 Å². The number of aromatic nitrogens is 2. The van der Waals surface area contributed by atoms with Crippen LogP contribution in [0, 0.1) is 0 Å². The summed E-state index contributed by atoms with van der Waals surface area (Å²) >= 11 is 3.60. The molecule has 2 rings (SSSR count). The second-order valence-electron chi connectivity index (χ2n) is 4.30. The average Bonchev–Trinajstić information content (AvgIpc) is 2.78. The van der Waals surface area contributed by atoms with Crippen molar-refractivity contribution in [1.29, 1.82) is 0 Å². The van der Waals surface area contributed by atoms with Crippen molar-refractivity contribution < 1.29 is 0 Å². The van der Waals surface area contributed by atoms with Crippen molar-refractivity contribution in [2.45, 2.75) is 19.4 Å². The normalized spacial score (nSPS) is 12.6. The summed E-state index contributed by atoms with van der Waals surface area (Å²) in [7, 11) is 2.03. The molecule has 0 saturated carbocycles. The number of hydrogen-bond donors (Lipinski definition) is 1. The molecular formula is C14H18BrN3. The second kappa shape index (κ2) is 6.16. The zero-order chi connectivity index (χ0) is 13.0. The molecule has 1 aromatic heterocycles. The van der Waals surface area contributed by atoms with Gasteiger partial charge >= 0.3 is 0 Å². The number of likely N-dealkylation sites (N-methyl/N-ethyl adjacent to an activating group) is 1. The van der Waals surface area contributed by atoms with Gasteiger partial charge in [-0.15, -0.1) is 0 Å². The number of nitrogens with one attached hydrogen (secondary N) is 1. The molecule has 4 heteroatoms. The molecule has 1 heterocycles. The lowest BCUT2D eigenvalue weighted by molar-refractivity contribution is 0.506. The van der Waals surface area contributed by atoms with Gasteiger partial charge in [-0.2, -0.15) is 0 Å². The Kier molecular flexibility index (Phi) is 4.55. The lowest BCUT2D eigenvalue weighted by atomic mass is 10.1. The van der Waals surface area contributed by atoms with Gasteiger partial charge in [0.05, 0.1) is 6.04 Å². The molecule has 0 amide bonds. The minimum absolute atomic E-state index is 0.244. The molecule has 0 aliphatic rings. The molecule has 0 aliphatic heterocycles. The van der Waals surface area contributed by atoms with Crippen molar-refractivity contribution in [1.82, 2.24) is 14.9 Å². The quantitative estimate of drug-likeness (QED) is 0.920. The van der Waals surface area contributed by atoms with Gasteiger partial charge < -0.3 is 9.88 Å². The van der Waals surface area contributed by atoms with Gasteiger partial charge in [-0.1, -0.05) is 41.1 Å². The summed E-state index contributed by atoms with van der Waals surface area (Å²) < 4.78 is 3.23. The molecule has 1 atom stereocenters. The van der Waals surface area contributed by atoms with Crippen molar-refractivity contribution in [3.8, 4) is 0 Å². The van der Waals surface area contributed by atoms with E-state index < -0.39 is 0 Å². The number of halogens is 1. The van der Waals surface area contributed by atoms with Crippen LogP contribution in [-0.2, 0) is 13.5 Å². The average molecular weight is 308 g/mol. The number of imidazole rings is 1. The summed E-state index contributed by atoms with van der Waals surface area (Å²) in [5.41, 5.74) is 1.30. The van der Waals surface area contributed by atoms with Crippen LogP contribution in [0.1, 0.15) is 24.4 Å². The molecule has 1 N–H and O–H groups in total. The number of nitrogens with zero attached hydrogens (tertiary/aromatic N) is 2. The van der Waals surface area contributed by atoms with E-state index in [0.717, 1.165) is 23.3 Å². The molecule has 0 aliphatic carbocycles. The first-order chi connectivity index (χ1) is 8.72. The van der Waals surface area contributed by atoms with E-state index in [2.05, 4.69) is 55.9 Å². The summed E-state index contributed by atoms with van der Waals surface area (Å²) in [6.45, 7) is 3.05. The number of hydrogen-bond acceptors (Lipinski definition) is 2. The van der Waals surface area contributed by atoms with Gasteiger partial charge in [0, 0.05) is 23.9 Å². The molecule has 0 spiro atoms. The number of benzene rings is 1. The Morgan fingerprint density at radius 3 is 2.78 bits per heavy atom. The molecule has 1 unspecified atom stereocenters. The van der Waals surface area contributed by atoms with Gasteiger partial charge in [0.1, 0.15) is 5.82 Å². The Morgan fingerprint density at radius 1 is 1.39 bits per heavy atom. The predicted octanol–water partition coefficient (Wildman–Crippen LogP) is 3.08. The van der Waals surface area contributed by atoms with Crippen molar-refractivity contribution in [2.24, 2.45) is 7.05 Å². The molecule has 2 aromatic rings. The highest BCUT2D eigenvalue weighted by molar-refractivity contribution is 9.10. The topological polar surface area (TPSA) is 29.9 Å². The summed E-state index contributed by atoms with van der Waals surface area (Å²) in [4.78, 5) is 4.45. The van der Waals surface area contributed by atoms with E-state index in [4.69, 9.17) is 0 Å². The Hall–Kier alpha value is -1.13. The standard InChI is InChI=1S/C14H18BrN3/c1-3-16-13(14-17-8-9-18(14)2)10-11-6-4-5-7-12(11)15/h4-9,13,16H,3,10H2,1-2H3. The number of aryl methyl sites for hydroxylation is 1. The van der Waals surface area contributed by atoms with Crippen molar-refractivity contribution in [3.63, 3.8) is 0 Å². The third-order valence-corrected chi connectivity index (χ3v) is 3.78. The lowest BCUT2D eigenvalue weighted by Crippen LogP contribution is -2.25. The van der Waals surface area contributed by atoms with Crippen LogP contribution < -0.4 is 5.32 Å². The zero-order valence-electron chi connectivity index (χ0n) is 10.7. The molecule has 18 heavy (non-hydrogen) atoms. The smallest absolute Gasteiger partial charge is 0.125 e. The van der Waals surface area contributed by atoms with E-state index in [-0.39, 0.29) is 6.04 Å². The highest BCUT2D eigenvalue weighted by Gasteiger charge is 2.16. The van der Waals surface area contributed by atoms with Gasteiger partial charge in [-0.3, -0.25) is 0 Å². The second-order valence-corrected chi connectivity index (χ2v) is 5.16. The van der Waals surface area contributed by atoms with Gasteiger partial charge in [0.25, 0.3) is 0 Å². The van der Waals surface area contributed by atoms with E-state index in [1.54, 1.807) is 0 Å². The zero-order valence-corrected chi connectivity index (χ0v) is 12.3. The molecule has 0 bridgehead atoms. The Labute approximate surface area is 116 Å². The van der Waals surface area contributed by atoms with E-state index in [0.29, 0.717) is 0 Å². The first kappa shape index (κ1) is 13.3. The van der Waals surface area contributed by atoms with E-state index in [1.807, 2.05) is 25.5 Å². The Morgan fingerprint density at radius 2 is 2.17 bits per heavy atom. The molecule has 0 fully saturated rings. The molecule has 0 saturated heterocycles. The van der Waals surface area contributed by atoms with Crippen LogP contribution in [0.3, 0.4) is 0 Å². The van der Waals surface area contributed by atoms with Crippen LogP contribution in [0.15, 0.2) is 41.1 Å². The molecule has 3 nitrogen and oxygen atoms in total. The van der Waals surface area contributed by atoms with Gasteiger partial charge in [0.15, 0.2) is 0 Å². The Balaban J connectivity index is 2.22. The maximum absolute atomic E-state index is 4.45. The van der Waals surface area contributed by atoms with Crippen molar-refractivity contribution >= 4 is 15.9 Å². The predicted molar refractivity (Wildman–Crippen MR) is 77.5 cm³/mol. The highest BCUT2D eigenvalue weighted by atomic mass is 79.9. The van der Waals surface area contributed by atoms with E-state index >= 15 is 0 Å². The van der Waals surface area contributed by atoms with Crippen LogP contribution in [0.2, 0.25) is 0 Å². The Bertz CT molecular complexity index is 507. The molecule has 1 aromatic carbocycles. The minimum atomic E-state index is 0.244. The maximum atomic E-state index is 4.45. The van der Waals surface area contributed by atoms with Crippen molar-refractivity contribution in [3.05, 3.63) is 52.5 Å². The molecule has 0 radical (unpaired) electrons. The largest absolute Gasteiger partial charge is 0.337 e. The van der Waals surface area contributed by atoms with E-state index in [9.17, 15) is 0 Å². The summed E-state index contributed by atoms with van der Waals surface area (Å²) in [6, 6.07) is 8.58. The molecule has 96 valence electrons. The monoisotopic (exact) mass is 307 g/mol. The lowest BCUT2D eigenvalue weighted by Gasteiger charge is -2.18. The third-order valence-electron chi connectivity index (χ3n) is 3.00. The van der Waals surface area contributed by atoms with Crippen LogP contribution in [0.25, 0.3) is 0 Å². The highest BCUT2D eigenvalue weighted by Crippen LogP contribution is 2.22.